The molecule has 0 aliphatic carbocycles. The third kappa shape index (κ3) is 3.91. The molecule has 2 aromatic carbocycles. The lowest BCUT2D eigenvalue weighted by atomic mass is 10.1. The molecule has 0 N–H and O–H groups in total. The van der Waals surface area contributed by atoms with Gasteiger partial charge in [-0.3, -0.25) is 4.79 Å². The highest BCUT2D eigenvalue weighted by Crippen LogP contribution is 2.31. The smallest absolute Gasteiger partial charge is 0.235 e. The van der Waals surface area contributed by atoms with E-state index in [1.54, 1.807) is 6.07 Å². The third-order valence-electron chi connectivity index (χ3n) is 4.07. The average molecular weight is 337 g/mol. The van der Waals surface area contributed by atoms with Crippen molar-refractivity contribution in [1.82, 2.24) is 4.90 Å². The second-order valence-corrected chi connectivity index (χ2v) is 6.46. The van der Waals surface area contributed by atoms with Crippen molar-refractivity contribution >= 4 is 11.0 Å². The Morgan fingerprint density at radius 1 is 1.04 bits per heavy atom. The minimum Gasteiger partial charge on any atom is -0.486 e. The molecule has 4 nitrogen and oxygen atoms in total. The Hall–Kier alpha value is -2.59. The van der Waals surface area contributed by atoms with Gasteiger partial charge in [0.1, 0.15) is 5.58 Å². The zero-order chi connectivity index (χ0) is 17.8. The molecular weight excluding hydrogens is 314 g/mol. The fourth-order valence-electron chi connectivity index (χ4n) is 2.71. The molecule has 0 radical (unpaired) electrons. The second kappa shape index (κ2) is 7.53. The van der Waals surface area contributed by atoms with Crippen molar-refractivity contribution in [1.29, 1.82) is 0 Å². The summed E-state index contributed by atoms with van der Waals surface area (Å²) in [5.41, 5.74) is 2.45. The van der Waals surface area contributed by atoms with Crippen LogP contribution in [0.4, 0.5) is 0 Å². The van der Waals surface area contributed by atoms with E-state index in [1.165, 1.54) is 0 Å². The van der Waals surface area contributed by atoms with Gasteiger partial charge in [-0.1, -0.05) is 42.0 Å². The van der Waals surface area contributed by atoms with E-state index < -0.39 is 0 Å². The monoisotopic (exact) mass is 337 g/mol. The van der Waals surface area contributed by atoms with Crippen molar-refractivity contribution in [3.63, 3.8) is 0 Å². The molecule has 4 heteroatoms. The first-order valence-electron chi connectivity index (χ1n) is 8.46. The molecule has 3 rings (SSSR count). The Bertz CT molecular complexity index is 911. The Labute approximate surface area is 147 Å². The van der Waals surface area contributed by atoms with E-state index in [9.17, 15) is 4.79 Å². The molecule has 0 aliphatic rings. The Balaban J connectivity index is 2.04. The van der Waals surface area contributed by atoms with Gasteiger partial charge >= 0.3 is 0 Å². The van der Waals surface area contributed by atoms with Gasteiger partial charge in [0, 0.05) is 12.1 Å². The summed E-state index contributed by atoms with van der Waals surface area (Å²) in [5.74, 6) is 0.787. The number of ether oxygens (including phenoxy) is 1. The predicted molar refractivity (Wildman–Crippen MR) is 101 cm³/mol. The topological polar surface area (TPSA) is 42.7 Å². The number of benzene rings is 2. The van der Waals surface area contributed by atoms with E-state index in [-0.39, 0.29) is 5.43 Å². The highest BCUT2D eigenvalue weighted by atomic mass is 16.5. The van der Waals surface area contributed by atoms with E-state index in [4.69, 9.17) is 9.15 Å². The van der Waals surface area contributed by atoms with Crippen molar-refractivity contribution in [3.05, 3.63) is 64.3 Å². The normalized spacial score (nSPS) is 11.2. The van der Waals surface area contributed by atoms with Crippen molar-refractivity contribution in [2.75, 3.05) is 27.2 Å². The van der Waals surface area contributed by atoms with Gasteiger partial charge < -0.3 is 14.1 Å². The maximum atomic E-state index is 12.9. The number of nitrogens with zero attached hydrogens (tertiary/aromatic N) is 1. The van der Waals surface area contributed by atoms with Crippen molar-refractivity contribution < 1.29 is 9.15 Å². The van der Waals surface area contributed by atoms with Gasteiger partial charge in [0.2, 0.25) is 11.2 Å². The predicted octanol–water partition coefficient (Wildman–Crippen LogP) is 4.10. The maximum absolute atomic E-state index is 12.9. The molecule has 0 aliphatic heterocycles. The van der Waals surface area contributed by atoms with Crippen LogP contribution in [0.1, 0.15) is 12.0 Å². The van der Waals surface area contributed by atoms with Gasteiger partial charge in [-0.2, -0.15) is 0 Å². The van der Waals surface area contributed by atoms with Crippen LogP contribution in [0.2, 0.25) is 0 Å². The molecule has 0 amide bonds. The van der Waals surface area contributed by atoms with Gasteiger partial charge in [0.05, 0.1) is 12.0 Å². The van der Waals surface area contributed by atoms with Crippen LogP contribution < -0.4 is 10.2 Å². The summed E-state index contributed by atoms with van der Waals surface area (Å²) in [6.07, 6.45) is 0.840. The summed E-state index contributed by atoms with van der Waals surface area (Å²) in [6, 6.07) is 15.2. The molecular formula is C21H23NO3. The van der Waals surface area contributed by atoms with Crippen LogP contribution in [-0.4, -0.2) is 32.1 Å². The minimum absolute atomic E-state index is 0.123. The summed E-state index contributed by atoms with van der Waals surface area (Å²) in [6.45, 7) is 3.40. The minimum atomic E-state index is -0.123. The standard InChI is InChI=1S/C21H23NO3/c1-15-9-11-16(12-10-15)20-21(24-14-6-13-22(2)3)19(23)17-7-4-5-8-18(17)25-20/h4-5,7-12H,6,13-14H2,1-3H3. The summed E-state index contributed by atoms with van der Waals surface area (Å²) in [4.78, 5) is 15.0. The number of hydrogen-bond acceptors (Lipinski definition) is 4. The first-order chi connectivity index (χ1) is 12.1. The zero-order valence-corrected chi connectivity index (χ0v) is 14.9. The number of para-hydroxylation sites is 1. The van der Waals surface area contributed by atoms with E-state index in [0.717, 1.165) is 24.1 Å². The molecule has 0 fully saturated rings. The van der Waals surface area contributed by atoms with Crippen molar-refractivity contribution in [3.8, 4) is 17.1 Å². The van der Waals surface area contributed by atoms with Gasteiger partial charge in [0.25, 0.3) is 0 Å². The molecule has 130 valence electrons. The number of hydrogen-bond donors (Lipinski definition) is 0. The van der Waals surface area contributed by atoms with Crippen LogP contribution in [0.5, 0.6) is 5.75 Å². The average Bonchev–Trinajstić information content (AvgIpc) is 2.60. The Morgan fingerprint density at radius 2 is 1.76 bits per heavy atom. The molecule has 0 unspecified atom stereocenters. The van der Waals surface area contributed by atoms with Crippen LogP contribution in [0, 0.1) is 6.92 Å². The first-order valence-corrected chi connectivity index (χ1v) is 8.46. The van der Waals surface area contributed by atoms with Crippen LogP contribution in [-0.2, 0) is 0 Å². The second-order valence-electron chi connectivity index (χ2n) is 6.46. The van der Waals surface area contributed by atoms with Crippen LogP contribution in [0.15, 0.2) is 57.7 Å². The van der Waals surface area contributed by atoms with Crippen molar-refractivity contribution in [2.24, 2.45) is 0 Å². The first kappa shape index (κ1) is 17.2. The quantitative estimate of drug-likeness (QED) is 0.635. The molecule has 0 bridgehead atoms. The molecule has 25 heavy (non-hydrogen) atoms. The molecule has 1 aromatic heterocycles. The largest absolute Gasteiger partial charge is 0.486 e. The lowest BCUT2D eigenvalue weighted by Gasteiger charge is -2.13. The summed E-state index contributed by atoms with van der Waals surface area (Å²) in [5, 5.41) is 0.543. The molecule has 3 aromatic rings. The lowest BCUT2D eigenvalue weighted by molar-refractivity contribution is 0.276. The number of rotatable bonds is 6. The maximum Gasteiger partial charge on any atom is 0.235 e. The van der Waals surface area contributed by atoms with E-state index in [1.807, 2.05) is 63.5 Å². The summed E-state index contributed by atoms with van der Waals surface area (Å²) >= 11 is 0. The molecule has 1 heterocycles. The molecule has 0 spiro atoms. The fraction of sp³-hybridized carbons (Fsp3) is 0.286. The van der Waals surface area contributed by atoms with Crippen LogP contribution in [0.25, 0.3) is 22.3 Å². The molecule has 0 saturated carbocycles. The third-order valence-corrected chi connectivity index (χ3v) is 4.07. The summed E-state index contributed by atoms with van der Waals surface area (Å²) in [7, 11) is 4.03. The van der Waals surface area contributed by atoms with Gasteiger partial charge in [-0.25, -0.2) is 0 Å². The SMILES string of the molecule is Cc1ccc(-c2oc3ccccc3c(=O)c2OCCCN(C)C)cc1. The van der Waals surface area contributed by atoms with E-state index in [0.29, 0.717) is 29.1 Å². The Kier molecular flexibility index (Phi) is 5.19. The van der Waals surface area contributed by atoms with Gasteiger partial charge in [0.15, 0.2) is 5.76 Å². The number of fused-ring (bicyclic) bond motifs is 1. The molecule has 0 atom stereocenters. The summed E-state index contributed by atoms with van der Waals surface area (Å²) < 4.78 is 11.9. The van der Waals surface area contributed by atoms with E-state index >= 15 is 0 Å². The van der Waals surface area contributed by atoms with Crippen molar-refractivity contribution in [2.45, 2.75) is 13.3 Å². The number of aryl methyl sites for hydroxylation is 1. The fourth-order valence-corrected chi connectivity index (χ4v) is 2.71. The highest BCUT2D eigenvalue weighted by Gasteiger charge is 2.17. The zero-order valence-electron chi connectivity index (χ0n) is 14.9. The van der Waals surface area contributed by atoms with Gasteiger partial charge in [-0.05, 0) is 39.6 Å². The van der Waals surface area contributed by atoms with Crippen LogP contribution in [0.3, 0.4) is 0 Å². The van der Waals surface area contributed by atoms with Crippen LogP contribution >= 0.6 is 0 Å². The van der Waals surface area contributed by atoms with Gasteiger partial charge in [-0.15, -0.1) is 0 Å². The Morgan fingerprint density at radius 3 is 2.48 bits per heavy atom. The highest BCUT2D eigenvalue weighted by molar-refractivity contribution is 5.81. The van der Waals surface area contributed by atoms with E-state index in [2.05, 4.69) is 4.90 Å². The molecule has 0 saturated heterocycles. The lowest BCUT2D eigenvalue weighted by Crippen LogP contribution is -2.17.